The van der Waals surface area contributed by atoms with Crippen LogP contribution in [0.2, 0.25) is 5.02 Å². The van der Waals surface area contributed by atoms with E-state index in [1.165, 1.54) is 11.3 Å². The molecule has 8 nitrogen and oxygen atoms in total. The van der Waals surface area contributed by atoms with Gasteiger partial charge in [-0.2, -0.15) is 5.10 Å². The highest BCUT2D eigenvalue weighted by Gasteiger charge is 2.18. The van der Waals surface area contributed by atoms with E-state index >= 15 is 0 Å². The fraction of sp³-hybridized carbons (Fsp3) is 0.111. The average molecular weight is 567 g/mol. The van der Waals surface area contributed by atoms with Crippen molar-refractivity contribution in [3.63, 3.8) is 0 Å². The lowest BCUT2D eigenvalue weighted by Gasteiger charge is -2.14. The third kappa shape index (κ3) is 6.10. The molecule has 1 atom stereocenters. The second-order valence-electron chi connectivity index (χ2n) is 8.32. The molecule has 2 heterocycles. The number of hydrogen-bond acceptors (Lipinski definition) is 7. The number of nitrogens with two attached hydrogens (primary N) is 1. The Bertz CT molecular complexity index is 1530. The Labute approximate surface area is 231 Å². The molecule has 0 spiro atoms. The number of primary amides is 1. The number of halogens is 1. The lowest BCUT2D eigenvalue weighted by Crippen LogP contribution is -2.26. The molecule has 0 radical (unpaired) electrons. The molecule has 3 amide bonds. The normalized spacial score (nSPS) is 12.1. The molecule has 0 fully saturated rings. The van der Waals surface area contributed by atoms with Crippen LogP contribution in [0.1, 0.15) is 60.7 Å². The van der Waals surface area contributed by atoms with Crippen LogP contribution in [0.5, 0.6) is 5.75 Å². The van der Waals surface area contributed by atoms with E-state index in [9.17, 15) is 19.5 Å². The summed E-state index contributed by atoms with van der Waals surface area (Å²) >= 11 is 8.33. The monoisotopic (exact) mass is 566 g/mol. The summed E-state index contributed by atoms with van der Waals surface area (Å²) in [6, 6.07) is 16.6. The van der Waals surface area contributed by atoms with E-state index < -0.39 is 11.8 Å². The number of carbonyl (C=O) groups is 3. The zero-order chi connectivity index (χ0) is 27.4. The van der Waals surface area contributed by atoms with Crippen molar-refractivity contribution in [3.05, 3.63) is 97.5 Å². The predicted molar refractivity (Wildman–Crippen MR) is 151 cm³/mol. The maximum Gasteiger partial charge on any atom is 0.281 e. The number of benzene rings is 2. The minimum absolute atomic E-state index is 0.0706. The molecule has 5 N–H and O–H groups in total. The standard InChI is InChI=1S/C27H23ClN4O4S2/c1-14(16-3-5-18(6-4-16)25(29)34)30-26(35)21-11-12-22(38-21)27(36)32-31-15(2)20-13-37-24(23(20)33)17-7-9-19(28)10-8-17/h3-14,33H,1-2H3,(H2,29,34)(H,30,35)(H,32,36)/b31-15+. The fourth-order valence-electron chi connectivity index (χ4n) is 3.53. The summed E-state index contributed by atoms with van der Waals surface area (Å²) in [5, 5.41) is 20.1. The largest absolute Gasteiger partial charge is 0.506 e. The number of carbonyl (C=O) groups excluding carboxylic acids is 3. The van der Waals surface area contributed by atoms with Crippen LogP contribution >= 0.6 is 34.3 Å². The summed E-state index contributed by atoms with van der Waals surface area (Å²) in [6.07, 6.45) is 0. The van der Waals surface area contributed by atoms with Crippen LogP contribution in [0.15, 0.2) is 71.1 Å². The molecule has 11 heteroatoms. The first-order valence-corrected chi connectivity index (χ1v) is 13.4. The number of hydrogen-bond donors (Lipinski definition) is 4. The molecule has 0 saturated carbocycles. The Kier molecular flexibility index (Phi) is 8.26. The molecule has 194 valence electrons. The lowest BCUT2D eigenvalue weighted by atomic mass is 10.1. The smallest absolute Gasteiger partial charge is 0.281 e. The third-order valence-corrected chi connectivity index (χ3v) is 8.04. The van der Waals surface area contributed by atoms with Gasteiger partial charge in [0, 0.05) is 16.0 Å². The molecule has 2 aromatic carbocycles. The number of rotatable bonds is 8. The van der Waals surface area contributed by atoms with Crippen molar-refractivity contribution >= 4 is 57.7 Å². The van der Waals surface area contributed by atoms with E-state index in [1.54, 1.807) is 60.8 Å². The molecule has 38 heavy (non-hydrogen) atoms. The van der Waals surface area contributed by atoms with Crippen molar-refractivity contribution < 1.29 is 19.5 Å². The average Bonchev–Trinajstić information content (AvgIpc) is 3.55. The summed E-state index contributed by atoms with van der Waals surface area (Å²) in [5.74, 6) is -1.26. The molecule has 0 aliphatic heterocycles. The van der Waals surface area contributed by atoms with E-state index in [0.29, 0.717) is 36.5 Å². The summed E-state index contributed by atoms with van der Waals surface area (Å²) in [5.41, 5.74) is 10.7. The summed E-state index contributed by atoms with van der Waals surface area (Å²) < 4.78 is 0. The van der Waals surface area contributed by atoms with Crippen molar-refractivity contribution in [3.8, 4) is 16.2 Å². The van der Waals surface area contributed by atoms with Gasteiger partial charge >= 0.3 is 0 Å². The Morgan fingerprint density at radius 2 is 1.61 bits per heavy atom. The van der Waals surface area contributed by atoms with Gasteiger partial charge in [-0.1, -0.05) is 35.9 Å². The van der Waals surface area contributed by atoms with E-state index in [4.69, 9.17) is 17.3 Å². The van der Waals surface area contributed by atoms with Crippen molar-refractivity contribution in [1.82, 2.24) is 10.7 Å². The molecule has 0 aliphatic carbocycles. The molecular weight excluding hydrogens is 544 g/mol. The maximum atomic E-state index is 12.7. The molecule has 4 aromatic rings. The third-order valence-electron chi connectivity index (χ3n) is 5.68. The van der Waals surface area contributed by atoms with Crippen LogP contribution in [0.3, 0.4) is 0 Å². The minimum Gasteiger partial charge on any atom is -0.506 e. The first-order chi connectivity index (χ1) is 18.1. The number of nitrogens with zero attached hydrogens (tertiary/aromatic N) is 1. The van der Waals surface area contributed by atoms with Crippen molar-refractivity contribution in [2.45, 2.75) is 19.9 Å². The van der Waals surface area contributed by atoms with Gasteiger partial charge in [-0.3, -0.25) is 14.4 Å². The molecule has 0 aliphatic rings. The quantitative estimate of drug-likeness (QED) is 0.164. The summed E-state index contributed by atoms with van der Waals surface area (Å²) in [4.78, 5) is 37.9. The van der Waals surface area contributed by atoms with Crippen LogP contribution in [0.4, 0.5) is 0 Å². The Morgan fingerprint density at radius 1 is 0.974 bits per heavy atom. The molecule has 4 rings (SSSR count). The zero-order valence-corrected chi connectivity index (χ0v) is 22.7. The highest BCUT2D eigenvalue weighted by atomic mass is 35.5. The Balaban J connectivity index is 1.38. The zero-order valence-electron chi connectivity index (χ0n) is 20.3. The van der Waals surface area contributed by atoms with E-state index in [1.807, 2.05) is 19.1 Å². The van der Waals surface area contributed by atoms with Gasteiger partial charge < -0.3 is 16.2 Å². The molecule has 2 aromatic heterocycles. The minimum atomic E-state index is -0.521. The van der Waals surface area contributed by atoms with Crippen LogP contribution < -0.4 is 16.5 Å². The van der Waals surface area contributed by atoms with Crippen molar-refractivity contribution in [2.24, 2.45) is 10.8 Å². The van der Waals surface area contributed by atoms with Gasteiger partial charge in [0.15, 0.2) is 0 Å². The number of thiophene rings is 2. The van der Waals surface area contributed by atoms with Crippen LogP contribution in [-0.4, -0.2) is 28.5 Å². The fourth-order valence-corrected chi connectivity index (χ4v) is 5.47. The molecule has 0 bridgehead atoms. The highest BCUT2D eigenvalue weighted by molar-refractivity contribution is 7.16. The maximum absolute atomic E-state index is 12.7. The van der Waals surface area contributed by atoms with E-state index in [2.05, 4.69) is 15.8 Å². The van der Waals surface area contributed by atoms with Crippen molar-refractivity contribution in [2.75, 3.05) is 0 Å². The Morgan fingerprint density at radius 3 is 2.24 bits per heavy atom. The molecular formula is C27H23ClN4O4S2. The second-order valence-corrected chi connectivity index (χ2v) is 10.7. The Hall–Kier alpha value is -3.99. The lowest BCUT2D eigenvalue weighted by molar-refractivity contribution is 0.0940. The van der Waals surface area contributed by atoms with Gasteiger partial charge in [0.05, 0.1) is 31.9 Å². The first kappa shape index (κ1) is 27.1. The number of hydrazone groups is 1. The second kappa shape index (κ2) is 11.6. The summed E-state index contributed by atoms with van der Waals surface area (Å²) in [6.45, 7) is 3.49. The van der Waals surface area contributed by atoms with E-state index in [0.717, 1.165) is 22.5 Å². The van der Waals surface area contributed by atoms with Crippen LogP contribution in [0, 0.1) is 0 Å². The van der Waals surface area contributed by atoms with E-state index in [-0.39, 0.29) is 17.7 Å². The number of nitrogens with one attached hydrogen (secondary N) is 2. The summed E-state index contributed by atoms with van der Waals surface area (Å²) in [7, 11) is 0. The topological polar surface area (TPSA) is 134 Å². The van der Waals surface area contributed by atoms with Gasteiger partial charge in [0.25, 0.3) is 11.8 Å². The van der Waals surface area contributed by atoms with Gasteiger partial charge in [0.2, 0.25) is 5.91 Å². The number of amides is 3. The van der Waals surface area contributed by atoms with Crippen LogP contribution in [0.25, 0.3) is 10.4 Å². The first-order valence-electron chi connectivity index (χ1n) is 11.4. The van der Waals surface area contributed by atoms with Gasteiger partial charge in [0.1, 0.15) is 5.75 Å². The van der Waals surface area contributed by atoms with Crippen LogP contribution in [-0.2, 0) is 0 Å². The predicted octanol–water partition coefficient (Wildman–Crippen LogP) is 5.58. The molecule has 0 saturated heterocycles. The van der Waals surface area contributed by atoms with Crippen molar-refractivity contribution in [1.29, 1.82) is 0 Å². The van der Waals surface area contributed by atoms with Gasteiger partial charge in [-0.15, -0.1) is 22.7 Å². The SMILES string of the molecule is C/C(=N\NC(=O)c1ccc(C(=O)NC(C)c2ccc(C(N)=O)cc2)s1)c1csc(-c2ccc(Cl)cc2)c1O. The van der Waals surface area contributed by atoms with Gasteiger partial charge in [-0.25, -0.2) is 5.43 Å². The van der Waals surface area contributed by atoms with Gasteiger partial charge in [-0.05, 0) is 61.4 Å². The highest BCUT2D eigenvalue weighted by Crippen LogP contribution is 2.39. The molecule has 1 unspecified atom stereocenters. The number of aromatic hydroxyl groups is 1.